The lowest BCUT2D eigenvalue weighted by Crippen LogP contribution is -2.44. The van der Waals surface area contributed by atoms with Gasteiger partial charge in [0.15, 0.2) is 0 Å². The number of carbonyl (C=O) groups is 1. The summed E-state index contributed by atoms with van der Waals surface area (Å²) in [6, 6.07) is 18.1. The quantitative estimate of drug-likeness (QED) is 0.743. The third kappa shape index (κ3) is 4.18. The van der Waals surface area contributed by atoms with Gasteiger partial charge in [0.2, 0.25) is 5.91 Å². The summed E-state index contributed by atoms with van der Waals surface area (Å²) in [5.74, 6) is 1.39. The second kappa shape index (κ2) is 7.96. The Labute approximate surface area is 154 Å². The zero-order valence-corrected chi connectivity index (χ0v) is 15.6. The SMILES string of the molecule is CCC1(CC)C[C@H](NC(=O)CSc2ccccc2)c2ccccc2O1. The molecule has 1 aliphatic heterocycles. The number of fused-ring (bicyclic) bond motifs is 1. The van der Waals surface area contributed by atoms with Gasteiger partial charge >= 0.3 is 0 Å². The molecule has 25 heavy (non-hydrogen) atoms. The van der Waals surface area contributed by atoms with E-state index >= 15 is 0 Å². The highest BCUT2D eigenvalue weighted by atomic mass is 32.2. The normalized spacial score (nSPS) is 18.1. The van der Waals surface area contributed by atoms with Crippen LogP contribution in [0, 0.1) is 0 Å². The largest absolute Gasteiger partial charge is 0.487 e. The van der Waals surface area contributed by atoms with Crippen LogP contribution in [0.2, 0.25) is 0 Å². The number of nitrogens with one attached hydrogen (secondary N) is 1. The zero-order chi connectivity index (χ0) is 17.7. The molecule has 1 amide bonds. The van der Waals surface area contributed by atoms with Crippen molar-refractivity contribution in [3.05, 3.63) is 60.2 Å². The molecule has 0 radical (unpaired) electrons. The molecule has 3 rings (SSSR count). The summed E-state index contributed by atoms with van der Waals surface area (Å²) in [6.07, 6.45) is 2.69. The molecular formula is C21H25NO2S. The number of carbonyl (C=O) groups excluding carboxylic acids is 1. The van der Waals surface area contributed by atoms with Crippen molar-refractivity contribution in [2.24, 2.45) is 0 Å². The first-order valence-electron chi connectivity index (χ1n) is 8.91. The molecule has 0 unspecified atom stereocenters. The molecule has 2 aromatic rings. The number of ether oxygens (including phenoxy) is 1. The van der Waals surface area contributed by atoms with E-state index in [4.69, 9.17) is 4.74 Å². The molecule has 3 nitrogen and oxygen atoms in total. The fraction of sp³-hybridized carbons (Fsp3) is 0.381. The third-order valence-corrected chi connectivity index (χ3v) is 5.95. The summed E-state index contributed by atoms with van der Waals surface area (Å²) in [4.78, 5) is 13.6. The molecule has 0 saturated heterocycles. The van der Waals surface area contributed by atoms with Crippen LogP contribution in [0.15, 0.2) is 59.5 Å². The minimum atomic E-state index is -0.196. The number of amides is 1. The summed E-state index contributed by atoms with van der Waals surface area (Å²) >= 11 is 1.57. The van der Waals surface area contributed by atoms with Gasteiger partial charge < -0.3 is 10.1 Å². The summed E-state index contributed by atoms with van der Waals surface area (Å²) < 4.78 is 6.30. The van der Waals surface area contributed by atoms with Crippen molar-refractivity contribution >= 4 is 17.7 Å². The van der Waals surface area contributed by atoms with Crippen LogP contribution in [-0.2, 0) is 4.79 Å². The van der Waals surface area contributed by atoms with Gasteiger partial charge in [-0.1, -0.05) is 50.2 Å². The first-order chi connectivity index (χ1) is 12.2. The Morgan fingerprint density at radius 2 is 1.80 bits per heavy atom. The molecule has 0 saturated carbocycles. The van der Waals surface area contributed by atoms with Crippen LogP contribution in [0.25, 0.3) is 0 Å². The topological polar surface area (TPSA) is 38.3 Å². The van der Waals surface area contributed by atoms with E-state index in [1.165, 1.54) is 0 Å². The Hall–Kier alpha value is -1.94. The molecule has 1 heterocycles. The molecule has 0 bridgehead atoms. The van der Waals surface area contributed by atoms with Crippen LogP contribution in [0.4, 0.5) is 0 Å². The number of rotatable bonds is 6. The van der Waals surface area contributed by atoms with Crippen molar-refractivity contribution in [3.63, 3.8) is 0 Å². The van der Waals surface area contributed by atoms with Gasteiger partial charge in [0.25, 0.3) is 0 Å². The van der Waals surface area contributed by atoms with E-state index in [1.807, 2.05) is 48.5 Å². The predicted molar refractivity (Wildman–Crippen MR) is 103 cm³/mol. The van der Waals surface area contributed by atoms with Crippen molar-refractivity contribution in [2.75, 3.05) is 5.75 Å². The van der Waals surface area contributed by atoms with Crippen LogP contribution >= 0.6 is 11.8 Å². The van der Waals surface area contributed by atoms with Crippen LogP contribution in [0.1, 0.15) is 44.7 Å². The number of benzene rings is 2. The third-order valence-electron chi connectivity index (χ3n) is 4.93. The maximum atomic E-state index is 12.5. The molecule has 0 aliphatic carbocycles. The van der Waals surface area contributed by atoms with Gasteiger partial charge in [0, 0.05) is 16.9 Å². The Morgan fingerprint density at radius 1 is 1.12 bits per heavy atom. The first-order valence-corrected chi connectivity index (χ1v) is 9.89. The second-order valence-electron chi connectivity index (χ2n) is 6.46. The lowest BCUT2D eigenvalue weighted by atomic mass is 9.83. The molecule has 0 spiro atoms. The fourth-order valence-electron chi connectivity index (χ4n) is 3.33. The van der Waals surface area contributed by atoms with E-state index < -0.39 is 0 Å². The molecule has 2 aromatic carbocycles. The highest BCUT2D eigenvalue weighted by molar-refractivity contribution is 8.00. The maximum absolute atomic E-state index is 12.5. The Kier molecular flexibility index (Phi) is 5.69. The number of hydrogen-bond acceptors (Lipinski definition) is 3. The summed E-state index contributed by atoms with van der Waals surface area (Å²) in [5, 5.41) is 3.23. The van der Waals surface area contributed by atoms with E-state index in [1.54, 1.807) is 11.8 Å². The van der Waals surface area contributed by atoms with Crippen molar-refractivity contribution in [3.8, 4) is 5.75 Å². The lowest BCUT2D eigenvalue weighted by Gasteiger charge is -2.41. The van der Waals surface area contributed by atoms with E-state index in [2.05, 4.69) is 25.2 Å². The summed E-state index contributed by atoms with van der Waals surface area (Å²) in [7, 11) is 0. The van der Waals surface area contributed by atoms with Gasteiger partial charge in [-0.3, -0.25) is 4.79 Å². The van der Waals surface area contributed by atoms with Crippen LogP contribution in [-0.4, -0.2) is 17.3 Å². The molecular weight excluding hydrogens is 330 g/mol. The number of thioether (sulfide) groups is 1. The van der Waals surface area contributed by atoms with Crippen molar-refractivity contribution < 1.29 is 9.53 Å². The van der Waals surface area contributed by atoms with Gasteiger partial charge in [0.1, 0.15) is 11.4 Å². The Morgan fingerprint density at radius 3 is 2.52 bits per heavy atom. The van der Waals surface area contributed by atoms with Crippen molar-refractivity contribution in [2.45, 2.75) is 49.6 Å². The molecule has 0 fully saturated rings. The van der Waals surface area contributed by atoms with Crippen molar-refractivity contribution in [1.29, 1.82) is 0 Å². The van der Waals surface area contributed by atoms with Gasteiger partial charge in [-0.05, 0) is 31.0 Å². The fourth-order valence-corrected chi connectivity index (χ4v) is 4.06. The molecule has 1 aliphatic rings. The second-order valence-corrected chi connectivity index (χ2v) is 7.50. The van der Waals surface area contributed by atoms with Gasteiger partial charge in [-0.2, -0.15) is 0 Å². The summed E-state index contributed by atoms with van der Waals surface area (Å²) in [5.41, 5.74) is 0.886. The predicted octanol–water partition coefficient (Wildman–Crippen LogP) is 4.98. The van der Waals surface area contributed by atoms with Crippen LogP contribution < -0.4 is 10.1 Å². The van der Waals surface area contributed by atoms with E-state index in [0.29, 0.717) is 5.75 Å². The minimum absolute atomic E-state index is 0.00808. The maximum Gasteiger partial charge on any atom is 0.230 e. The van der Waals surface area contributed by atoms with Gasteiger partial charge in [-0.15, -0.1) is 11.8 Å². The highest BCUT2D eigenvalue weighted by Gasteiger charge is 2.38. The minimum Gasteiger partial charge on any atom is -0.487 e. The number of hydrogen-bond donors (Lipinski definition) is 1. The number of para-hydroxylation sites is 1. The average molecular weight is 356 g/mol. The monoisotopic (exact) mass is 355 g/mol. The molecule has 0 aromatic heterocycles. The van der Waals surface area contributed by atoms with Gasteiger partial charge in [0.05, 0.1) is 11.8 Å². The smallest absolute Gasteiger partial charge is 0.230 e. The highest BCUT2D eigenvalue weighted by Crippen LogP contribution is 2.42. The van der Waals surface area contributed by atoms with Gasteiger partial charge in [-0.25, -0.2) is 0 Å². The molecule has 1 N–H and O–H groups in total. The van der Waals surface area contributed by atoms with Crippen LogP contribution in [0.5, 0.6) is 5.75 Å². The van der Waals surface area contributed by atoms with E-state index in [0.717, 1.165) is 35.5 Å². The summed E-state index contributed by atoms with van der Waals surface area (Å²) in [6.45, 7) is 4.31. The molecule has 4 heteroatoms. The first kappa shape index (κ1) is 17.9. The molecule has 132 valence electrons. The van der Waals surface area contributed by atoms with Crippen molar-refractivity contribution in [1.82, 2.24) is 5.32 Å². The van der Waals surface area contributed by atoms with E-state index in [-0.39, 0.29) is 17.6 Å². The Bertz CT molecular complexity index is 713. The lowest BCUT2D eigenvalue weighted by molar-refractivity contribution is -0.120. The Balaban J connectivity index is 1.70. The average Bonchev–Trinajstić information content (AvgIpc) is 2.67. The van der Waals surface area contributed by atoms with Crippen LogP contribution in [0.3, 0.4) is 0 Å². The standard InChI is InChI=1S/C21H25NO2S/c1-3-21(4-2)14-18(17-12-8-9-13-19(17)24-21)22-20(23)15-25-16-10-6-5-7-11-16/h5-13,18H,3-4,14-15H2,1-2H3,(H,22,23)/t18-/m0/s1. The molecule has 1 atom stereocenters. The van der Waals surface area contributed by atoms with E-state index in [9.17, 15) is 4.79 Å². The zero-order valence-electron chi connectivity index (χ0n) is 14.8.